The van der Waals surface area contributed by atoms with E-state index in [2.05, 4.69) is 61.3 Å². The minimum Gasteiger partial charge on any atom is -0.463 e. The molecule has 1 aliphatic rings. The first kappa shape index (κ1) is 14.7. The minimum absolute atomic E-state index is 0.649. The van der Waals surface area contributed by atoms with Gasteiger partial charge < -0.3 is 14.5 Å². The van der Waals surface area contributed by atoms with Crippen molar-refractivity contribution in [2.24, 2.45) is 0 Å². The standard InChI is InChI=1S/C17H24N2O/c1-13(2)20-14(3)15-6-8-16(9-7-15)19-11-10-17(12-19)18(4)5/h6-9,17H,1,3,10-12H2,2,4-5H3. The van der Waals surface area contributed by atoms with Crippen LogP contribution in [0.3, 0.4) is 0 Å². The third-order valence-corrected chi connectivity index (χ3v) is 3.75. The molecule has 0 amide bonds. The molecule has 1 saturated heterocycles. The van der Waals surface area contributed by atoms with E-state index in [1.807, 2.05) is 6.92 Å². The average Bonchev–Trinajstić information content (AvgIpc) is 2.88. The van der Waals surface area contributed by atoms with E-state index in [0.29, 0.717) is 17.6 Å². The molecule has 1 aromatic carbocycles. The number of benzene rings is 1. The third kappa shape index (κ3) is 3.42. The Morgan fingerprint density at radius 2 is 1.90 bits per heavy atom. The fourth-order valence-electron chi connectivity index (χ4n) is 2.53. The topological polar surface area (TPSA) is 15.7 Å². The highest BCUT2D eigenvalue weighted by molar-refractivity contribution is 5.62. The predicted octanol–water partition coefficient (Wildman–Crippen LogP) is 3.35. The Balaban J connectivity index is 2.02. The van der Waals surface area contributed by atoms with Gasteiger partial charge in [0.15, 0.2) is 0 Å². The SMILES string of the molecule is C=C(C)OC(=C)c1ccc(N2CCC(N(C)C)C2)cc1. The number of ether oxygens (including phenoxy) is 1. The van der Waals surface area contributed by atoms with Crippen LogP contribution in [0.5, 0.6) is 0 Å². The molecule has 1 aromatic rings. The quantitative estimate of drug-likeness (QED) is 0.765. The van der Waals surface area contributed by atoms with E-state index in [1.54, 1.807) is 0 Å². The zero-order chi connectivity index (χ0) is 14.7. The van der Waals surface area contributed by atoms with Crippen LogP contribution in [0, 0.1) is 0 Å². The van der Waals surface area contributed by atoms with Crippen molar-refractivity contribution >= 4 is 11.4 Å². The Morgan fingerprint density at radius 1 is 1.25 bits per heavy atom. The molecule has 1 heterocycles. The zero-order valence-electron chi connectivity index (χ0n) is 12.7. The third-order valence-electron chi connectivity index (χ3n) is 3.75. The fourth-order valence-corrected chi connectivity index (χ4v) is 2.53. The van der Waals surface area contributed by atoms with Crippen LogP contribution in [0.2, 0.25) is 0 Å². The number of nitrogens with zero attached hydrogens (tertiary/aromatic N) is 2. The van der Waals surface area contributed by atoms with Gasteiger partial charge in [0.05, 0.1) is 5.76 Å². The fraction of sp³-hybridized carbons (Fsp3) is 0.412. The van der Waals surface area contributed by atoms with Crippen LogP contribution in [0.1, 0.15) is 18.9 Å². The van der Waals surface area contributed by atoms with Gasteiger partial charge in [-0.2, -0.15) is 0 Å². The molecule has 0 aromatic heterocycles. The van der Waals surface area contributed by atoms with Crippen molar-refractivity contribution in [1.29, 1.82) is 0 Å². The second kappa shape index (κ2) is 6.14. The maximum Gasteiger partial charge on any atom is 0.126 e. The first-order valence-corrected chi connectivity index (χ1v) is 7.01. The van der Waals surface area contributed by atoms with Gasteiger partial charge in [0, 0.05) is 30.4 Å². The number of hydrogen-bond acceptors (Lipinski definition) is 3. The predicted molar refractivity (Wildman–Crippen MR) is 85.7 cm³/mol. The molecule has 0 spiro atoms. The lowest BCUT2D eigenvalue weighted by Crippen LogP contribution is -2.31. The summed E-state index contributed by atoms with van der Waals surface area (Å²) >= 11 is 0. The molecule has 1 atom stereocenters. The highest BCUT2D eigenvalue weighted by Crippen LogP contribution is 2.25. The van der Waals surface area contributed by atoms with Gasteiger partial charge in [0.1, 0.15) is 5.76 Å². The summed E-state index contributed by atoms with van der Waals surface area (Å²) in [4.78, 5) is 4.73. The zero-order valence-corrected chi connectivity index (χ0v) is 12.7. The van der Waals surface area contributed by atoms with Gasteiger partial charge >= 0.3 is 0 Å². The second-order valence-corrected chi connectivity index (χ2v) is 5.63. The molecule has 0 radical (unpaired) electrons. The Morgan fingerprint density at radius 3 is 2.40 bits per heavy atom. The lowest BCUT2D eigenvalue weighted by Gasteiger charge is -2.22. The Kier molecular flexibility index (Phi) is 4.50. The van der Waals surface area contributed by atoms with Crippen LogP contribution in [0.4, 0.5) is 5.69 Å². The van der Waals surface area contributed by atoms with Crippen LogP contribution in [0.25, 0.3) is 5.76 Å². The lowest BCUT2D eigenvalue weighted by atomic mass is 10.1. The summed E-state index contributed by atoms with van der Waals surface area (Å²) in [6.07, 6.45) is 1.22. The van der Waals surface area contributed by atoms with E-state index in [4.69, 9.17) is 4.74 Å². The number of allylic oxidation sites excluding steroid dienone is 1. The van der Waals surface area contributed by atoms with Gasteiger partial charge in [-0.3, -0.25) is 0 Å². The molecule has 0 N–H and O–H groups in total. The first-order valence-electron chi connectivity index (χ1n) is 7.01. The molecule has 3 nitrogen and oxygen atoms in total. The molecule has 0 bridgehead atoms. The van der Waals surface area contributed by atoms with E-state index in [9.17, 15) is 0 Å². The van der Waals surface area contributed by atoms with Gasteiger partial charge in [-0.15, -0.1) is 0 Å². The minimum atomic E-state index is 0.649. The highest BCUT2D eigenvalue weighted by Gasteiger charge is 2.23. The molecule has 0 aliphatic carbocycles. The molecular formula is C17H24N2O. The smallest absolute Gasteiger partial charge is 0.126 e. The normalized spacial score (nSPS) is 18.4. The maximum atomic E-state index is 5.44. The van der Waals surface area contributed by atoms with E-state index in [-0.39, 0.29) is 0 Å². The van der Waals surface area contributed by atoms with Gasteiger partial charge in [0.2, 0.25) is 0 Å². The van der Waals surface area contributed by atoms with Crippen molar-refractivity contribution in [2.45, 2.75) is 19.4 Å². The first-order chi connectivity index (χ1) is 9.47. The van der Waals surface area contributed by atoms with Gasteiger partial charge in [-0.25, -0.2) is 0 Å². The Bertz CT molecular complexity index is 490. The van der Waals surface area contributed by atoms with E-state index in [0.717, 1.165) is 18.7 Å². The maximum absolute atomic E-state index is 5.44. The van der Waals surface area contributed by atoms with Crippen molar-refractivity contribution in [1.82, 2.24) is 4.90 Å². The van der Waals surface area contributed by atoms with E-state index >= 15 is 0 Å². The molecule has 20 heavy (non-hydrogen) atoms. The molecule has 3 heteroatoms. The van der Waals surface area contributed by atoms with Gasteiger partial charge in [0.25, 0.3) is 0 Å². The van der Waals surface area contributed by atoms with Crippen molar-refractivity contribution < 1.29 is 4.74 Å². The van der Waals surface area contributed by atoms with Crippen LogP contribution < -0.4 is 4.90 Å². The highest BCUT2D eigenvalue weighted by atomic mass is 16.5. The largest absolute Gasteiger partial charge is 0.463 e. The number of hydrogen-bond donors (Lipinski definition) is 0. The van der Waals surface area contributed by atoms with E-state index < -0.39 is 0 Å². The van der Waals surface area contributed by atoms with Crippen LogP contribution in [-0.2, 0) is 4.74 Å². The monoisotopic (exact) mass is 272 g/mol. The van der Waals surface area contributed by atoms with Crippen LogP contribution >= 0.6 is 0 Å². The van der Waals surface area contributed by atoms with Crippen LogP contribution in [-0.4, -0.2) is 38.1 Å². The Hall–Kier alpha value is -1.74. The lowest BCUT2D eigenvalue weighted by molar-refractivity contribution is 0.315. The van der Waals surface area contributed by atoms with Gasteiger partial charge in [-0.05, 0) is 51.7 Å². The van der Waals surface area contributed by atoms with E-state index in [1.165, 1.54) is 12.1 Å². The average molecular weight is 272 g/mol. The second-order valence-electron chi connectivity index (χ2n) is 5.63. The Labute approximate surface area is 122 Å². The number of rotatable bonds is 5. The summed E-state index contributed by atoms with van der Waals surface area (Å²) in [5, 5.41) is 0. The number of anilines is 1. The summed E-state index contributed by atoms with van der Waals surface area (Å²) in [5.41, 5.74) is 2.27. The van der Waals surface area contributed by atoms with Gasteiger partial charge in [-0.1, -0.05) is 13.2 Å². The molecule has 0 saturated carbocycles. The number of likely N-dealkylation sites (N-methyl/N-ethyl adjacent to an activating group) is 1. The molecular weight excluding hydrogens is 248 g/mol. The summed E-state index contributed by atoms with van der Waals surface area (Å²) in [6.45, 7) is 11.7. The summed E-state index contributed by atoms with van der Waals surface area (Å²) in [7, 11) is 4.30. The molecule has 1 aliphatic heterocycles. The molecule has 1 fully saturated rings. The molecule has 108 valence electrons. The summed E-state index contributed by atoms with van der Waals surface area (Å²) in [6, 6.07) is 9.05. The van der Waals surface area contributed by atoms with Crippen molar-refractivity contribution in [3.8, 4) is 0 Å². The summed E-state index contributed by atoms with van der Waals surface area (Å²) in [5.74, 6) is 1.31. The summed E-state index contributed by atoms with van der Waals surface area (Å²) < 4.78 is 5.44. The molecule has 1 unspecified atom stereocenters. The van der Waals surface area contributed by atoms with Crippen molar-refractivity contribution in [2.75, 3.05) is 32.1 Å². The van der Waals surface area contributed by atoms with Crippen LogP contribution in [0.15, 0.2) is 43.2 Å². The molecule has 2 rings (SSSR count). The van der Waals surface area contributed by atoms with Crippen molar-refractivity contribution in [3.05, 3.63) is 48.7 Å². The van der Waals surface area contributed by atoms with Crippen molar-refractivity contribution in [3.63, 3.8) is 0 Å².